The number of nitrogens with one attached hydrogen (secondary N) is 1. The van der Waals surface area contributed by atoms with Crippen LogP contribution in [0.5, 0.6) is 0 Å². The van der Waals surface area contributed by atoms with Crippen LogP contribution in [0, 0.1) is 6.92 Å². The van der Waals surface area contributed by atoms with Gasteiger partial charge in [-0.1, -0.05) is 18.2 Å². The number of carbonyl (C=O) groups excluding carboxylic acids is 2. The van der Waals surface area contributed by atoms with Gasteiger partial charge in [-0.3, -0.25) is 9.59 Å². The summed E-state index contributed by atoms with van der Waals surface area (Å²) < 4.78 is 0. The Bertz CT molecular complexity index is 523. The largest absolute Gasteiger partial charge is 0.352 e. The van der Waals surface area contributed by atoms with E-state index in [1.165, 1.54) is 0 Å². The molecule has 0 bridgehead atoms. The van der Waals surface area contributed by atoms with Crippen LogP contribution in [0.15, 0.2) is 24.3 Å². The van der Waals surface area contributed by atoms with E-state index in [4.69, 9.17) is 11.6 Å². The highest BCUT2D eigenvalue weighted by atomic mass is 35.5. The Morgan fingerprint density at radius 3 is 2.48 bits per heavy atom. The number of benzene rings is 1. The minimum atomic E-state index is -0.517. The lowest BCUT2D eigenvalue weighted by Gasteiger charge is -2.33. The van der Waals surface area contributed by atoms with Gasteiger partial charge >= 0.3 is 0 Å². The Kier molecular flexibility index (Phi) is 5.23. The summed E-state index contributed by atoms with van der Waals surface area (Å²) in [7, 11) is 0. The monoisotopic (exact) mass is 308 g/mol. The maximum absolute atomic E-state index is 12.5. The second kappa shape index (κ2) is 6.94. The second-order valence-corrected chi connectivity index (χ2v) is 6.16. The number of nitrogens with zero attached hydrogens (tertiary/aromatic N) is 1. The minimum absolute atomic E-state index is 0.0728. The molecule has 2 amide bonds. The van der Waals surface area contributed by atoms with Crippen molar-refractivity contribution in [1.29, 1.82) is 0 Å². The van der Waals surface area contributed by atoms with Gasteiger partial charge in [-0.25, -0.2) is 0 Å². The van der Waals surface area contributed by atoms with Gasteiger partial charge in [0, 0.05) is 24.7 Å². The number of carbonyl (C=O) groups is 2. The summed E-state index contributed by atoms with van der Waals surface area (Å²) in [5.41, 5.74) is 1.75. The van der Waals surface area contributed by atoms with E-state index < -0.39 is 5.38 Å². The van der Waals surface area contributed by atoms with Crippen LogP contribution in [0.2, 0.25) is 0 Å². The van der Waals surface area contributed by atoms with Gasteiger partial charge in [0.25, 0.3) is 5.91 Å². The Morgan fingerprint density at radius 1 is 1.29 bits per heavy atom. The topological polar surface area (TPSA) is 49.4 Å². The molecule has 1 saturated heterocycles. The Balaban J connectivity index is 1.91. The van der Waals surface area contributed by atoms with Crippen molar-refractivity contribution >= 4 is 23.4 Å². The van der Waals surface area contributed by atoms with Crippen molar-refractivity contribution in [3.05, 3.63) is 35.4 Å². The molecule has 0 aromatic heterocycles. The Hall–Kier alpha value is -1.55. The average molecular weight is 309 g/mol. The zero-order chi connectivity index (χ0) is 15.4. The first-order valence-corrected chi connectivity index (χ1v) is 7.72. The van der Waals surface area contributed by atoms with Gasteiger partial charge in [0.15, 0.2) is 0 Å². The van der Waals surface area contributed by atoms with Gasteiger partial charge in [-0.2, -0.15) is 0 Å². The van der Waals surface area contributed by atoms with Crippen molar-refractivity contribution in [1.82, 2.24) is 10.2 Å². The van der Waals surface area contributed by atoms with Crippen molar-refractivity contribution in [2.24, 2.45) is 0 Å². The van der Waals surface area contributed by atoms with E-state index >= 15 is 0 Å². The fourth-order valence-corrected chi connectivity index (χ4v) is 2.59. The second-order valence-electron chi connectivity index (χ2n) is 5.51. The standard InChI is InChI=1S/C16H21ClN2O2/c1-11-5-3-4-6-14(11)16(21)19-9-7-13(8-10-19)18-15(20)12(2)17/h3-6,12-13H,7-10H2,1-2H3,(H,18,20). The van der Waals surface area contributed by atoms with Gasteiger partial charge in [0.05, 0.1) is 0 Å². The van der Waals surface area contributed by atoms with E-state index in [0.29, 0.717) is 13.1 Å². The molecule has 0 spiro atoms. The molecule has 1 aliphatic heterocycles. The number of likely N-dealkylation sites (tertiary alicyclic amines) is 1. The summed E-state index contributed by atoms with van der Waals surface area (Å²) in [5.74, 6) is -0.0658. The molecule has 1 aromatic carbocycles. The third-order valence-corrected chi connectivity index (χ3v) is 4.06. The van der Waals surface area contributed by atoms with Gasteiger partial charge in [-0.15, -0.1) is 11.6 Å². The maximum Gasteiger partial charge on any atom is 0.254 e. The summed E-state index contributed by atoms with van der Waals surface area (Å²) in [6, 6.07) is 7.73. The zero-order valence-corrected chi connectivity index (χ0v) is 13.2. The molecule has 1 aliphatic rings. The highest BCUT2D eigenvalue weighted by Crippen LogP contribution is 2.16. The first-order chi connectivity index (χ1) is 9.99. The summed E-state index contributed by atoms with van der Waals surface area (Å²) >= 11 is 5.75. The highest BCUT2D eigenvalue weighted by molar-refractivity contribution is 6.30. The number of aryl methyl sites for hydroxylation is 1. The molecule has 1 atom stereocenters. The minimum Gasteiger partial charge on any atom is -0.352 e. The van der Waals surface area contributed by atoms with E-state index in [1.807, 2.05) is 36.1 Å². The summed E-state index contributed by atoms with van der Waals surface area (Å²) in [4.78, 5) is 25.9. The smallest absolute Gasteiger partial charge is 0.254 e. The molecule has 1 N–H and O–H groups in total. The first kappa shape index (κ1) is 15.8. The molecular formula is C16H21ClN2O2. The van der Waals surface area contributed by atoms with E-state index in [9.17, 15) is 9.59 Å². The predicted octanol–water partition coefficient (Wildman–Crippen LogP) is 2.34. The number of alkyl halides is 1. The predicted molar refractivity (Wildman–Crippen MR) is 83.6 cm³/mol. The molecule has 1 heterocycles. The lowest BCUT2D eigenvalue weighted by molar-refractivity contribution is -0.121. The summed E-state index contributed by atoms with van der Waals surface area (Å²) in [6.45, 7) is 4.93. The fourth-order valence-electron chi connectivity index (χ4n) is 2.53. The molecule has 0 radical (unpaired) electrons. The van der Waals surface area contributed by atoms with Crippen molar-refractivity contribution in [2.45, 2.75) is 38.1 Å². The molecule has 2 rings (SSSR count). The third-order valence-electron chi connectivity index (χ3n) is 3.87. The van der Waals surface area contributed by atoms with Crippen LogP contribution in [-0.2, 0) is 4.79 Å². The molecular weight excluding hydrogens is 288 g/mol. The molecule has 114 valence electrons. The number of piperidine rings is 1. The number of halogens is 1. The highest BCUT2D eigenvalue weighted by Gasteiger charge is 2.25. The molecule has 21 heavy (non-hydrogen) atoms. The van der Waals surface area contributed by atoms with Gasteiger partial charge in [0.2, 0.25) is 5.91 Å². The van der Waals surface area contributed by atoms with Crippen LogP contribution in [0.25, 0.3) is 0 Å². The Labute approximate surface area is 130 Å². The van der Waals surface area contributed by atoms with E-state index in [1.54, 1.807) is 6.92 Å². The molecule has 1 fully saturated rings. The van der Waals surface area contributed by atoms with Crippen molar-refractivity contribution in [2.75, 3.05) is 13.1 Å². The molecule has 0 aliphatic carbocycles. The van der Waals surface area contributed by atoms with Crippen LogP contribution in [0.4, 0.5) is 0 Å². The SMILES string of the molecule is Cc1ccccc1C(=O)N1CCC(NC(=O)C(C)Cl)CC1. The van der Waals surface area contributed by atoms with Crippen LogP contribution in [0.3, 0.4) is 0 Å². The number of amides is 2. The van der Waals surface area contributed by atoms with Crippen molar-refractivity contribution in [3.63, 3.8) is 0 Å². The number of hydrogen-bond donors (Lipinski definition) is 1. The molecule has 1 aromatic rings. The van der Waals surface area contributed by atoms with Gasteiger partial charge in [-0.05, 0) is 38.3 Å². The normalized spacial score (nSPS) is 17.4. The number of rotatable bonds is 3. The fraction of sp³-hybridized carbons (Fsp3) is 0.500. The van der Waals surface area contributed by atoms with E-state index in [-0.39, 0.29) is 17.9 Å². The van der Waals surface area contributed by atoms with Crippen molar-refractivity contribution in [3.8, 4) is 0 Å². The first-order valence-electron chi connectivity index (χ1n) is 7.28. The van der Waals surface area contributed by atoms with Gasteiger partial charge < -0.3 is 10.2 Å². The zero-order valence-electron chi connectivity index (χ0n) is 12.4. The van der Waals surface area contributed by atoms with Crippen LogP contribution in [0.1, 0.15) is 35.7 Å². The average Bonchev–Trinajstić information content (AvgIpc) is 2.47. The van der Waals surface area contributed by atoms with E-state index in [0.717, 1.165) is 24.0 Å². The van der Waals surface area contributed by atoms with E-state index in [2.05, 4.69) is 5.32 Å². The molecule has 4 nitrogen and oxygen atoms in total. The number of hydrogen-bond acceptors (Lipinski definition) is 2. The quantitative estimate of drug-likeness (QED) is 0.871. The van der Waals surface area contributed by atoms with Crippen molar-refractivity contribution < 1.29 is 9.59 Å². The van der Waals surface area contributed by atoms with Crippen LogP contribution >= 0.6 is 11.6 Å². The molecule has 1 unspecified atom stereocenters. The maximum atomic E-state index is 12.5. The van der Waals surface area contributed by atoms with Crippen LogP contribution < -0.4 is 5.32 Å². The molecule has 0 saturated carbocycles. The molecule has 5 heteroatoms. The van der Waals surface area contributed by atoms with Gasteiger partial charge in [0.1, 0.15) is 5.38 Å². The lowest BCUT2D eigenvalue weighted by atomic mass is 10.0. The van der Waals surface area contributed by atoms with Crippen LogP contribution in [-0.4, -0.2) is 41.2 Å². The lowest BCUT2D eigenvalue weighted by Crippen LogP contribution is -2.47. The third kappa shape index (κ3) is 3.97. The summed E-state index contributed by atoms with van der Waals surface area (Å²) in [5, 5.41) is 2.40. The Morgan fingerprint density at radius 2 is 1.90 bits per heavy atom. The summed E-state index contributed by atoms with van der Waals surface area (Å²) in [6.07, 6.45) is 1.54.